The molecule has 168 valence electrons. The molecule has 0 radical (unpaired) electrons. The maximum absolute atomic E-state index is 12.3. The standard InChI is InChI=1S/C14H18N2O2S.C10H20O/c1-8(2)7-15-14(17)12-11(18-4)6-5-10-13(12)19-9(3)16-10;1-3-5-10-6-7-11-8-9(10)4-2/h5-6,8H,7H2,1-4H3,(H,15,17);9-10H,3-8H2,1-2H3. The highest BCUT2D eigenvalue weighted by atomic mass is 32.1. The second kappa shape index (κ2) is 12.3. The molecule has 1 aliphatic heterocycles. The summed E-state index contributed by atoms with van der Waals surface area (Å²) in [4.78, 5) is 16.7. The van der Waals surface area contributed by atoms with E-state index in [1.807, 2.05) is 13.0 Å². The maximum atomic E-state index is 12.3. The number of hydrogen-bond acceptors (Lipinski definition) is 5. The first kappa shape index (κ1) is 24.6. The normalized spacial score (nSPS) is 18.8. The Balaban J connectivity index is 0.000000248. The average molecular weight is 435 g/mol. The number of carbonyl (C=O) groups excluding carboxylic acids is 1. The first-order valence-electron chi connectivity index (χ1n) is 11.2. The SMILES string of the molecule is CCCC1CCOCC1CC.COc1ccc2nc(C)sc2c1C(=O)NCC(C)C. The predicted molar refractivity (Wildman–Crippen MR) is 126 cm³/mol. The van der Waals surface area contributed by atoms with E-state index in [4.69, 9.17) is 9.47 Å². The number of benzene rings is 1. The minimum Gasteiger partial charge on any atom is -0.496 e. The number of hydrogen-bond donors (Lipinski definition) is 1. The van der Waals surface area contributed by atoms with Crippen molar-refractivity contribution in [1.82, 2.24) is 10.3 Å². The van der Waals surface area contributed by atoms with Crippen LogP contribution in [0, 0.1) is 24.7 Å². The largest absolute Gasteiger partial charge is 0.496 e. The quantitative estimate of drug-likeness (QED) is 0.594. The van der Waals surface area contributed by atoms with E-state index in [2.05, 4.69) is 38.0 Å². The van der Waals surface area contributed by atoms with Crippen molar-refractivity contribution in [3.63, 3.8) is 0 Å². The number of aromatic nitrogens is 1. The Morgan fingerprint density at radius 3 is 2.73 bits per heavy atom. The molecule has 2 heterocycles. The maximum Gasteiger partial charge on any atom is 0.256 e. The lowest BCUT2D eigenvalue weighted by Gasteiger charge is -2.30. The first-order chi connectivity index (χ1) is 14.4. The molecule has 1 fully saturated rings. The predicted octanol–water partition coefficient (Wildman–Crippen LogP) is 5.85. The third kappa shape index (κ3) is 6.67. The van der Waals surface area contributed by atoms with Crippen LogP contribution >= 0.6 is 11.3 Å². The van der Waals surface area contributed by atoms with Crippen molar-refractivity contribution in [2.24, 2.45) is 17.8 Å². The zero-order valence-corrected chi connectivity index (χ0v) is 20.2. The Hall–Kier alpha value is -1.66. The van der Waals surface area contributed by atoms with Crippen molar-refractivity contribution < 1.29 is 14.3 Å². The molecule has 2 unspecified atom stereocenters. The Morgan fingerprint density at radius 2 is 2.10 bits per heavy atom. The number of nitrogens with one attached hydrogen (secondary N) is 1. The zero-order chi connectivity index (χ0) is 22.1. The van der Waals surface area contributed by atoms with Crippen LogP contribution < -0.4 is 10.1 Å². The van der Waals surface area contributed by atoms with Crippen LogP contribution in [0.2, 0.25) is 0 Å². The van der Waals surface area contributed by atoms with Gasteiger partial charge in [0, 0.05) is 19.8 Å². The smallest absolute Gasteiger partial charge is 0.256 e. The van der Waals surface area contributed by atoms with Gasteiger partial charge in [-0.05, 0) is 43.2 Å². The van der Waals surface area contributed by atoms with Gasteiger partial charge in [0.1, 0.15) is 11.3 Å². The Kier molecular flexibility index (Phi) is 10.1. The number of amides is 1. The van der Waals surface area contributed by atoms with E-state index in [-0.39, 0.29) is 5.91 Å². The number of nitrogens with zero attached hydrogens (tertiary/aromatic N) is 1. The fourth-order valence-electron chi connectivity index (χ4n) is 3.90. The number of rotatable bonds is 7. The summed E-state index contributed by atoms with van der Waals surface area (Å²) in [5.41, 5.74) is 1.43. The molecule has 3 rings (SSSR count). The van der Waals surface area contributed by atoms with Crippen LogP contribution in [0.5, 0.6) is 5.75 Å². The third-order valence-corrected chi connectivity index (χ3v) is 6.56. The van der Waals surface area contributed by atoms with Crippen molar-refractivity contribution in [2.75, 3.05) is 26.9 Å². The second-order valence-electron chi connectivity index (χ2n) is 8.41. The summed E-state index contributed by atoms with van der Waals surface area (Å²) in [5, 5.41) is 3.88. The summed E-state index contributed by atoms with van der Waals surface area (Å²) >= 11 is 1.52. The van der Waals surface area contributed by atoms with Gasteiger partial charge in [-0.1, -0.05) is 47.0 Å². The van der Waals surface area contributed by atoms with Gasteiger partial charge >= 0.3 is 0 Å². The number of thiazole rings is 1. The van der Waals surface area contributed by atoms with Crippen molar-refractivity contribution in [3.8, 4) is 5.75 Å². The van der Waals surface area contributed by atoms with Gasteiger partial charge in [-0.25, -0.2) is 4.98 Å². The van der Waals surface area contributed by atoms with E-state index in [1.54, 1.807) is 13.2 Å². The highest BCUT2D eigenvalue weighted by Gasteiger charge is 2.23. The molecule has 1 aromatic carbocycles. The summed E-state index contributed by atoms with van der Waals surface area (Å²) in [6, 6.07) is 3.68. The van der Waals surface area contributed by atoms with Crippen LogP contribution in [-0.4, -0.2) is 37.8 Å². The van der Waals surface area contributed by atoms with E-state index >= 15 is 0 Å². The average Bonchev–Trinajstić information content (AvgIpc) is 3.12. The molecule has 0 spiro atoms. The van der Waals surface area contributed by atoms with Crippen LogP contribution in [-0.2, 0) is 4.74 Å². The molecule has 2 aromatic rings. The van der Waals surface area contributed by atoms with Gasteiger partial charge in [0.15, 0.2) is 0 Å². The highest BCUT2D eigenvalue weighted by Crippen LogP contribution is 2.32. The van der Waals surface area contributed by atoms with Gasteiger partial charge in [-0.2, -0.15) is 0 Å². The summed E-state index contributed by atoms with van der Waals surface area (Å²) in [7, 11) is 1.58. The van der Waals surface area contributed by atoms with Crippen LogP contribution in [0.25, 0.3) is 10.2 Å². The van der Waals surface area contributed by atoms with Crippen molar-refractivity contribution >= 4 is 27.5 Å². The number of aryl methyl sites for hydroxylation is 1. The van der Waals surface area contributed by atoms with Crippen LogP contribution in [0.1, 0.15) is 68.7 Å². The Morgan fingerprint density at radius 1 is 1.33 bits per heavy atom. The fraction of sp³-hybridized carbons (Fsp3) is 0.667. The molecule has 0 saturated carbocycles. The van der Waals surface area contributed by atoms with Gasteiger partial charge in [0.2, 0.25) is 0 Å². The minimum atomic E-state index is -0.0974. The zero-order valence-electron chi connectivity index (χ0n) is 19.4. The summed E-state index contributed by atoms with van der Waals surface area (Å²) in [5.74, 6) is 2.72. The number of carbonyl (C=O) groups is 1. The van der Waals surface area contributed by atoms with E-state index in [0.717, 1.165) is 40.3 Å². The van der Waals surface area contributed by atoms with Crippen molar-refractivity contribution in [1.29, 1.82) is 0 Å². The van der Waals surface area contributed by atoms with Crippen molar-refractivity contribution in [2.45, 2.75) is 60.3 Å². The third-order valence-electron chi connectivity index (χ3n) is 5.56. The monoisotopic (exact) mass is 434 g/mol. The lowest BCUT2D eigenvalue weighted by Crippen LogP contribution is -2.27. The van der Waals surface area contributed by atoms with E-state index < -0.39 is 0 Å². The lowest BCUT2D eigenvalue weighted by molar-refractivity contribution is 0.0124. The van der Waals surface area contributed by atoms with E-state index in [1.165, 1.54) is 37.0 Å². The van der Waals surface area contributed by atoms with Gasteiger partial charge in [0.05, 0.1) is 22.3 Å². The molecule has 30 heavy (non-hydrogen) atoms. The summed E-state index contributed by atoms with van der Waals surface area (Å²) in [6.07, 6.45) is 5.33. The molecule has 1 N–H and O–H groups in total. The lowest BCUT2D eigenvalue weighted by atomic mass is 9.83. The molecule has 1 aliphatic rings. The molecule has 1 amide bonds. The molecule has 0 bridgehead atoms. The van der Waals surface area contributed by atoms with Crippen LogP contribution in [0.3, 0.4) is 0 Å². The molecular weight excluding hydrogens is 396 g/mol. The molecule has 0 aliphatic carbocycles. The number of fused-ring (bicyclic) bond motifs is 1. The number of ether oxygens (including phenoxy) is 2. The van der Waals surface area contributed by atoms with E-state index in [9.17, 15) is 4.79 Å². The Labute approximate surface area is 185 Å². The van der Waals surface area contributed by atoms with Crippen LogP contribution in [0.4, 0.5) is 0 Å². The highest BCUT2D eigenvalue weighted by molar-refractivity contribution is 7.19. The van der Waals surface area contributed by atoms with Crippen molar-refractivity contribution in [3.05, 3.63) is 22.7 Å². The molecule has 1 aromatic heterocycles. The van der Waals surface area contributed by atoms with Gasteiger partial charge in [-0.15, -0.1) is 11.3 Å². The Bertz CT molecular complexity index is 801. The summed E-state index contributed by atoms with van der Waals surface area (Å²) in [6.45, 7) is 13.3. The molecule has 5 nitrogen and oxygen atoms in total. The fourth-order valence-corrected chi connectivity index (χ4v) is 4.85. The molecule has 2 atom stereocenters. The first-order valence-corrected chi connectivity index (χ1v) is 12.0. The molecule has 1 saturated heterocycles. The second-order valence-corrected chi connectivity index (χ2v) is 9.61. The minimum absolute atomic E-state index is 0.0974. The van der Waals surface area contributed by atoms with Gasteiger partial charge < -0.3 is 14.8 Å². The number of methoxy groups -OCH3 is 1. The molecule has 6 heteroatoms. The van der Waals surface area contributed by atoms with Gasteiger partial charge in [-0.3, -0.25) is 4.79 Å². The summed E-state index contributed by atoms with van der Waals surface area (Å²) < 4.78 is 11.6. The topological polar surface area (TPSA) is 60.5 Å². The van der Waals surface area contributed by atoms with Crippen LogP contribution in [0.15, 0.2) is 12.1 Å². The molecular formula is C24H38N2O3S. The van der Waals surface area contributed by atoms with Gasteiger partial charge in [0.25, 0.3) is 5.91 Å². The van der Waals surface area contributed by atoms with E-state index in [0.29, 0.717) is 23.8 Å².